The van der Waals surface area contributed by atoms with E-state index < -0.39 is 23.6 Å². The van der Waals surface area contributed by atoms with Crippen LogP contribution in [0.1, 0.15) is 29.3 Å². The summed E-state index contributed by atoms with van der Waals surface area (Å²) in [6.45, 7) is 3.36. The van der Waals surface area contributed by atoms with E-state index >= 15 is 0 Å². The molecule has 0 saturated carbocycles. The number of carbonyl (C=O) groups excluding carboxylic acids is 2. The number of fused-ring (bicyclic) bond motifs is 2. The summed E-state index contributed by atoms with van der Waals surface area (Å²) < 4.78 is 16.3. The Labute approximate surface area is 207 Å². The van der Waals surface area contributed by atoms with Gasteiger partial charge >= 0.3 is 5.97 Å². The normalized spacial score (nSPS) is 27.7. The second kappa shape index (κ2) is 11.1. The highest BCUT2D eigenvalue weighted by atomic mass is 35.5. The Hall–Kier alpha value is -3.08. The monoisotopic (exact) mass is 506 g/mol. The second-order valence-corrected chi connectivity index (χ2v) is 8.82. The number of ether oxygens (including phenoxy) is 3. The third-order valence-electron chi connectivity index (χ3n) is 5.81. The lowest BCUT2D eigenvalue weighted by Crippen LogP contribution is -2.42. The van der Waals surface area contributed by atoms with Crippen LogP contribution in [0.5, 0.6) is 11.5 Å². The van der Waals surface area contributed by atoms with Crippen LogP contribution in [0.25, 0.3) is 0 Å². The molecule has 0 aromatic heterocycles. The fraction of sp³-hybridized carbons (Fsp3) is 0.458. The van der Waals surface area contributed by atoms with Gasteiger partial charge in [0.25, 0.3) is 5.91 Å². The van der Waals surface area contributed by atoms with Crippen molar-refractivity contribution in [2.75, 3.05) is 32.9 Å². The molecule has 0 radical (unpaired) electrons. The zero-order chi connectivity index (χ0) is 24.9. The van der Waals surface area contributed by atoms with E-state index in [9.17, 15) is 19.8 Å². The molecule has 3 atom stereocenters. The van der Waals surface area contributed by atoms with Crippen LogP contribution in [0.3, 0.4) is 0 Å². The molecule has 3 heterocycles. The molecule has 3 aliphatic rings. The summed E-state index contributed by atoms with van der Waals surface area (Å²) in [6.07, 6.45) is 6.77. The van der Waals surface area contributed by atoms with E-state index in [-0.39, 0.29) is 47.3 Å². The quantitative estimate of drug-likeness (QED) is 0.363. The van der Waals surface area contributed by atoms with E-state index in [0.29, 0.717) is 38.4 Å². The molecule has 188 valence electrons. The lowest BCUT2D eigenvalue weighted by Gasteiger charge is -2.26. The summed E-state index contributed by atoms with van der Waals surface area (Å²) in [5.74, 6) is -1.89. The van der Waals surface area contributed by atoms with Gasteiger partial charge in [0.2, 0.25) is 0 Å². The van der Waals surface area contributed by atoms with Gasteiger partial charge in [0.1, 0.15) is 29.3 Å². The van der Waals surface area contributed by atoms with Gasteiger partial charge in [-0.25, -0.2) is 4.79 Å². The van der Waals surface area contributed by atoms with Gasteiger partial charge in [0.05, 0.1) is 30.1 Å². The van der Waals surface area contributed by atoms with Gasteiger partial charge < -0.3 is 34.2 Å². The molecule has 1 amide bonds. The molecule has 0 unspecified atom stereocenters. The maximum Gasteiger partial charge on any atom is 0.342 e. The number of allylic oxidation sites excluding steroid dienone is 3. The molecule has 2 N–H and O–H groups in total. The van der Waals surface area contributed by atoms with E-state index in [0.717, 1.165) is 6.07 Å². The number of cyclic esters (lactones) is 1. The number of halogens is 1. The number of amides is 1. The molecule has 1 aromatic carbocycles. The van der Waals surface area contributed by atoms with E-state index in [4.69, 9.17) is 30.6 Å². The number of hydrogen-bond donors (Lipinski definition) is 2. The van der Waals surface area contributed by atoms with Crippen molar-refractivity contribution in [1.82, 2.24) is 4.90 Å². The highest BCUT2D eigenvalue weighted by Gasteiger charge is 2.38. The van der Waals surface area contributed by atoms with E-state index in [2.05, 4.69) is 5.16 Å². The topological polar surface area (TPSA) is 130 Å². The van der Waals surface area contributed by atoms with Crippen molar-refractivity contribution in [3.8, 4) is 11.5 Å². The Kier molecular flexibility index (Phi) is 7.94. The standard InChI is InChI=1S/C24H27ClN2O8/c1-14-10-20-19(35-20)5-3-2-4-15(26-33-13-21(30)27-6-8-32-9-7-27)11-16-22(24(31)34-14)17(28)12-18(29)23(16)25/h2-5,12,14,19-20,28-29H,6-11,13H2,1H3/b4-2+,5-3-,26-15+/t14-,19-,20-/m1/s1. The Morgan fingerprint density at radius 3 is 2.80 bits per heavy atom. The average molecular weight is 507 g/mol. The Balaban J connectivity index is 1.61. The average Bonchev–Trinajstić information content (AvgIpc) is 3.56. The smallest absolute Gasteiger partial charge is 0.342 e. The van der Waals surface area contributed by atoms with Gasteiger partial charge in [-0.1, -0.05) is 35.0 Å². The lowest BCUT2D eigenvalue weighted by molar-refractivity contribution is -0.140. The van der Waals surface area contributed by atoms with Crippen LogP contribution in [0.4, 0.5) is 0 Å². The summed E-state index contributed by atoms with van der Waals surface area (Å²) in [5.41, 5.74) is 0.240. The molecule has 0 bridgehead atoms. The molecule has 0 aliphatic carbocycles. The van der Waals surface area contributed by atoms with Gasteiger partial charge in [-0.15, -0.1) is 0 Å². The van der Waals surface area contributed by atoms with Crippen LogP contribution in [-0.2, 0) is 30.3 Å². The summed E-state index contributed by atoms with van der Waals surface area (Å²) in [6, 6.07) is 0.989. The molecular weight excluding hydrogens is 480 g/mol. The molecule has 2 fully saturated rings. The molecule has 1 aromatic rings. The number of rotatable bonds is 3. The molecule has 2 saturated heterocycles. The highest BCUT2D eigenvalue weighted by Crippen LogP contribution is 2.38. The predicted octanol–water partition coefficient (Wildman–Crippen LogP) is 2.35. The van der Waals surface area contributed by atoms with Gasteiger partial charge in [-0.05, 0) is 18.6 Å². The van der Waals surface area contributed by atoms with Crippen molar-refractivity contribution in [2.45, 2.75) is 38.1 Å². The lowest BCUT2D eigenvalue weighted by atomic mass is 9.99. The minimum atomic E-state index is -0.788. The predicted molar refractivity (Wildman–Crippen MR) is 126 cm³/mol. The molecule has 0 spiro atoms. The fourth-order valence-corrected chi connectivity index (χ4v) is 4.14. The Morgan fingerprint density at radius 1 is 1.26 bits per heavy atom. The van der Waals surface area contributed by atoms with E-state index in [1.54, 1.807) is 30.1 Å². The van der Waals surface area contributed by atoms with E-state index in [1.165, 1.54) is 0 Å². The minimum Gasteiger partial charge on any atom is -0.507 e. The van der Waals surface area contributed by atoms with Crippen molar-refractivity contribution in [3.63, 3.8) is 0 Å². The first-order valence-corrected chi connectivity index (χ1v) is 11.7. The van der Waals surface area contributed by atoms with Crippen molar-refractivity contribution >= 4 is 29.2 Å². The maximum atomic E-state index is 12.9. The number of esters is 1. The number of benzene rings is 1. The first kappa shape index (κ1) is 25.0. The largest absolute Gasteiger partial charge is 0.507 e. The molecule has 35 heavy (non-hydrogen) atoms. The Morgan fingerprint density at radius 2 is 2.03 bits per heavy atom. The summed E-state index contributed by atoms with van der Waals surface area (Å²) in [5, 5.41) is 24.6. The third kappa shape index (κ3) is 6.33. The molecule has 10 nitrogen and oxygen atoms in total. The first-order chi connectivity index (χ1) is 16.8. The minimum absolute atomic E-state index is 0.0791. The van der Waals surface area contributed by atoms with Crippen LogP contribution in [-0.4, -0.2) is 83.9 Å². The number of morpholine rings is 1. The third-order valence-corrected chi connectivity index (χ3v) is 6.23. The Bertz CT molecular complexity index is 1060. The number of phenols is 2. The van der Waals surface area contributed by atoms with Crippen molar-refractivity contribution in [3.05, 3.63) is 46.5 Å². The van der Waals surface area contributed by atoms with Crippen LogP contribution in [0.15, 0.2) is 35.5 Å². The zero-order valence-corrected chi connectivity index (χ0v) is 19.9. The van der Waals surface area contributed by atoms with Crippen molar-refractivity contribution in [1.29, 1.82) is 0 Å². The van der Waals surface area contributed by atoms with Gasteiger partial charge in [-0.3, -0.25) is 4.79 Å². The van der Waals surface area contributed by atoms with Crippen molar-refractivity contribution in [2.24, 2.45) is 5.16 Å². The molecule has 11 heteroatoms. The number of aromatic hydroxyl groups is 2. The summed E-state index contributed by atoms with van der Waals surface area (Å²) in [7, 11) is 0. The van der Waals surface area contributed by atoms with Crippen LogP contribution < -0.4 is 0 Å². The number of hydrogen-bond acceptors (Lipinski definition) is 9. The number of epoxide rings is 1. The van der Waals surface area contributed by atoms with Crippen LogP contribution in [0.2, 0.25) is 5.02 Å². The fourth-order valence-electron chi connectivity index (χ4n) is 3.93. The van der Waals surface area contributed by atoms with Gasteiger partial charge in [0, 0.05) is 32.0 Å². The van der Waals surface area contributed by atoms with Crippen molar-refractivity contribution < 1.29 is 38.9 Å². The number of oxime groups is 1. The van der Waals surface area contributed by atoms with Gasteiger partial charge in [0.15, 0.2) is 6.61 Å². The zero-order valence-electron chi connectivity index (χ0n) is 19.2. The SMILES string of the molecule is C[C@@H]1C[C@H]2O[C@@H]2\C=C/C=C/C(=N\OCC(=O)N2CCOCC2)Cc2c(Cl)c(O)cc(O)c2C(=O)O1. The van der Waals surface area contributed by atoms with E-state index in [1.807, 2.05) is 6.08 Å². The maximum absolute atomic E-state index is 12.9. The molecular formula is C24H27ClN2O8. The number of carbonyl (C=O) groups is 2. The highest BCUT2D eigenvalue weighted by molar-refractivity contribution is 6.33. The first-order valence-electron chi connectivity index (χ1n) is 11.3. The summed E-state index contributed by atoms with van der Waals surface area (Å²) >= 11 is 6.32. The van der Waals surface area contributed by atoms with Crippen LogP contribution in [0, 0.1) is 0 Å². The van der Waals surface area contributed by atoms with Gasteiger partial charge in [-0.2, -0.15) is 0 Å². The number of phenolic OH excluding ortho intramolecular Hbond substituents is 2. The summed E-state index contributed by atoms with van der Waals surface area (Å²) in [4.78, 5) is 32.3. The van der Waals surface area contributed by atoms with Crippen LogP contribution >= 0.6 is 11.6 Å². The molecule has 3 aliphatic heterocycles. The second-order valence-electron chi connectivity index (χ2n) is 8.44. The number of nitrogens with zero attached hydrogens (tertiary/aromatic N) is 2. The molecule has 4 rings (SSSR count).